The van der Waals surface area contributed by atoms with E-state index in [4.69, 9.17) is 0 Å². The zero-order valence-corrected chi connectivity index (χ0v) is 12.3. The molecule has 0 radical (unpaired) electrons. The maximum Gasteiger partial charge on any atom is 0.229 e. The van der Waals surface area contributed by atoms with Crippen molar-refractivity contribution in [2.75, 3.05) is 5.32 Å². The highest BCUT2D eigenvalue weighted by Gasteiger charge is 2.57. The lowest BCUT2D eigenvalue weighted by atomic mass is 9.92. The highest BCUT2D eigenvalue weighted by molar-refractivity contribution is 5.95. The normalized spacial score (nSPS) is 25.9. The lowest BCUT2D eigenvalue weighted by Crippen LogP contribution is -2.16. The van der Waals surface area contributed by atoms with Crippen molar-refractivity contribution in [3.05, 3.63) is 46.6 Å². The van der Waals surface area contributed by atoms with Crippen LogP contribution in [0.15, 0.2) is 24.3 Å². The standard InChI is InChI=1S/C17H19N3O/c1-9-10(2)19-20-16(9)18-17(21)15-13-8-7-11-5-3-4-6-12(11)14(13)15/h3-6,13-15H,7-8H2,1-2H3,(H2,18,19,20,21). The van der Waals surface area contributed by atoms with Gasteiger partial charge in [0.2, 0.25) is 5.91 Å². The zero-order chi connectivity index (χ0) is 14.6. The van der Waals surface area contributed by atoms with Crippen molar-refractivity contribution in [3.8, 4) is 0 Å². The molecule has 1 fully saturated rings. The molecule has 2 N–H and O–H groups in total. The van der Waals surface area contributed by atoms with Crippen LogP contribution in [0.25, 0.3) is 0 Å². The van der Waals surface area contributed by atoms with E-state index in [1.807, 2.05) is 13.8 Å². The average Bonchev–Trinajstić information content (AvgIpc) is 3.17. The van der Waals surface area contributed by atoms with E-state index in [9.17, 15) is 4.79 Å². The van der Waals surface area contributed by atoms with E-state index < -0.39 is 0 Å². The molecule has 108 valence electrons. The molecule has 1 aromatic carbocycles. The quantitative estimate of drug-likeness (QED) is 0.889. The Morgan fingerprint density at radius 1 is 1.33 bits per heavy atom. The van der Waals surface area contributed by atoms with Gasteiger partial charge in [-0.3, -0.25) is 9.89 Å². The third kappa shape index (κ3) is 1.89. The Kier molecular flexibility index (Phi) is 2.67. The number of carbonyl (C=O) groups excluding carboxylic acids is 1. The van der Waals surface area contributed by atoms with Gasteiger partial charge >= 0.3 is 0 Å². The minimum Gasteiger partial charge on any atom is -0.309 e. The predicted octanol–water partition coefficient (Wildman–Crippen LogP) is 2.94. The molecule has 0 bridgehead atoms. The van der Waals surface area contributed by atoms with E-state index in [1.165, 1.54) is 11.1 Å². The number of carbonyl (C=O) groups is 1. The highest BCUT2D eigenvalue weighted by Crippen LogP contribution is 2.60. The maximum atomic E-state index is 12.5. The number of aromatic nitrogens is 2. The summed E-state index contributed by atoms with van der Waals surface area (Å²) >= 11 is 0. The minimum atomic E-state index is 0.116. The summed E-state index contributed by atoms with van der Waals surface area (Å²) in [5, 5.41) is 10.1. The second-order valence-corrected chi connectivity index (χ2v) is 6.26. The summed E-state index contributed by atoms with van der Waals surface area (Å²) < 4.78 is 0. The Labute approximate surface area is 124 Å². The first kappa shape index (κ1) is 12.6. The zero-order valence-electron chi connectivity index (χ0n) is 12.3. The Hall–Kier alpha value is -2.10. The number of anilines is 1. The van der Waals surface area contributed by atoms with Gasteiger partial charge in [-0.1, -0.05) is 24.3 Å². The van der Waals surface area contributed by atoms with Crippen LogP contribution < -0.4 is 5.32 Å². The predicted molar refractivity (Wildman–Crippen MR) is 81.2 cm³/mol. The number of hydrogen-bond acceptors (Lipinski definition) is 2. The molecule has 4 rings (SSSR count). The Bertz CT molecular complexity index is 719. The Balaban J connectivity index is 1.54. The van der Waals surface area contributed by atoms with Gasteiger partial charge in [0.25, 0.3) is 0 Å². The fourth-order valence-electron chi connectivity index (χ4n) is 3.73. The number of benzene rings is 1. The molecular formula is C17H19N3O. The van der Waals surface area contributed by atoms with Crippen molar-refractivity contribution < 1.29 is 4.79 Å². The number of H-pyrrole nitrogens is 1. The molecule has 0 saturated heterocycles. The third-order valence-corrected chi connectivity index (χ3v) is 5.13. The smallest absolute Gasteiger partial charge is 0.229 e. The van der Waals surface area contributed by atoms with Gasteiger partial charge in [-0.15, -0.1) is 0 Å². The van der Waals surface area contributed by atoms with Gasteiger partial charge < -0.3 is 5.32 Å². The largest absolute Gasteiger partial charge is 0.309 e. The van der Waals surface area contributed by atoms with Crippen LogP contribution in [0.4, 0.5) is 5.82 Å². The molecule has 0 spiro atoms. The van der Waals surface area contributed by atoms with Crippen molar-refractivity contribution >= 4 is 11.7 Å². The van der Waals surface area contributed by atoms with Crippen molar-refractivity contribution in [3.63, 3.8) is 0 Å². The number of nitrogens with one attached hydrogen (secondary N) is 2. The van der Waals surface area contributed by atoms with E-state index in [0.29, 0.717) is 17.7 Å². The van der Waals surface area contributed by atoms with Crippen LogP contribution in [0.5, 0.6) is 0 Å². The maximum absolute atomic E-state index is 12.5. The Morgan fingerprint density at radius 3 is 2.90 bits per heavy atom. The molecule has 1 amide bonds. The second kappa shape index (κ2) is 4.45. The third-order valence-electron chi connectivity index (χ3n) is 5.13. The molecule has 1 saturated carbocycles. The number of nitrogens with zero attached hydrogens (tertiary/aromatic N) is 1. The van der Waals surface area contributed by atoms with Gasteiger partial charge in [0, 0.05) is 17.2 Å². The van der Waals surface area contributed by atoms with Crippen LogP contribution in [0, 0.1) is 25.7 Å². The first-order chi connectivity index (χ1) is 10.2. The minimum absolute atomic E-state index is 0.116. The molecule has 2 aromatic rings. The van der Waals surface area contributed by atoms with E-state index in [-0.39, 0.29) is 11.8 Å². The molecule has 2 aliphatic carbocycles. The Morgan fingerprint density at radius 2 is 2.14 bits per heavy atom. The molecule has 2 aliphatic rings. The van der Waals surface area contributed by atoms with Crippen molar-refractivity contribution in [2.24, 2.45) is 11.8 Å². The van der Waals surface area contributed by atoms with Gasteiger partial charge in [0.1, 0.15) is 0 Å². The molecule has 1 heterocycles. The van der Waals surface area contributed by atoms with Crippen LogP contribution in [-0.2, 0) is 11.2 Å². The van der Waals surface area contributed by atoms with Crippen LogP contribution in [0.1, 0.15) is 34.7 Å². The fourth-order valence-corrected chi connectivity index (χ4v) is 3.73. The van der Waals surface area contributed by atoms with Crippen LogP contribution in [0.3, 0.4) is 0 Å². The molecule has 4 nitrogen and oxygen atoms in total. The van der Waals surface area contributed by atoms with Gasteiger partial charge in [-0.25, -0.2) is 0 Å². The lowest BCUT2D eigenvalue weighted by Gasteiger charge is -2.13. The molecule has 1 aromatic heterocycles. The lowest BCUT2D eigenvalue weighted by molar-refractivity contribution is -0.117. The summed E-state index contributed by atoms with van der Waals surface area (Å²) in [5.41, 5.74) is 4.82. The first-order valence-corrected chi connectivity index (χ1v) is 7.57. The summed E-state index contributed by atoms with van der Waals surface area (Å²) in [4.78, 5) is 12.5. The molecule has 0 aliphatic heterocycles. The summed E-state index contributed by atoms with van der Waals surface area (Å²) in [7, 11) is 0. The fraction of sp³-hybridized carbons (Fsp3) is 0.412. The number of hydrogen-bond donors (Lipinski definition) is 2. The van der Waals surface area contributed by atoms with Crippen molar-refractivity contribution in [1.29, 1.82) is 0 Å². The van der Waals surface area contributed by atoms with Crippen LogP contribution >= 0.6 is 0 Å². The topological polar surface area (TPSA) is 57.8 Å². The van der Waals surface area contributed by atoms with E-state index >= 15 is 0 Å². The number of fused-ring (bicyclic) bond motifs is 3. The number of aromatic amines is 1. The summed E-state index contributed by atoms with van der Waals surface area (Å²) in [6, 6.07) is 8.55. The van der Waals surface area contributed by atoms with Crippen molar-refractivity contribution in [1.82, 2.24) is 10.2 Å². The second-order valence-electron chi connectivity index (χ2n) is 6.26. The van der Waals surface area contributed by atoms with E-state index in [0.717, 1.165) is 24.1 Å². The average molecular weight is 281 g/mol. The van der Waals surface area contributed by atoms with E-state index in [1.54, 1.807) is 0 Å². The molecular weight excluding hydrogens is 262 g/mol. The molecule has 4 heteroatoms. The number of aryl methyl sites for hydroxylation is 2. The van der Waals surface area contributed by atoms with Crippen LogP contribution in [0.2, 0.25) is 0 Å². The summed E-state index contributed by atoms with van der Waals surface area (Å²) in [6.07, 6.45) is 2.22. The number of amides is 1. The van der Waals surface area contributed by atoms with Crippen LogP contribution in [-0.4, -0.2) is 16.1 Å². The van der Waals surface area contributed by atoms with Gasteiger partial charge in [-0.2, -0.15) is 5.10 Å². The van der Waals surface area contributed by atoms with Crippen molar-refractivity contribution in [2.45, 2.75) is 32.6 Å². The molecule has 3 atom stereocenters. The van der Waals surface area contributed by atoms with E-state index in [2.05, 4.69) is 39.8 Å². The first-order valence-electron chi connectivity index (χ1n) is 7.57. The highest BCUT2D eigenvalue weighted by atomic mass is 16.2. The summed E-state index contributed by atoms with van der Waals surface area (Å²) in [5.74, 6) is 1.84. The monoisotopic (exact) mass is 281 g/mol. The van der Waals surface area contributed by atoms with Gasteiger partial charge in [-0.05, 0) is 49.7 Å². The SMILES string of the molecule is Cc1[nH]nc(NC(=O)C2C3CCc4ccccc4C32)c1C. The van der Waals surface area contributed by atoms with Gasteiger partial charge in [0.05, 0.1) is 0 Å². The summed E-state index contributed by atoms with van der Waals surface area (Å²) in [6.45, 7) is 3.94. The number of rotatable bonds is 2. The molecule has 3 unspecified atom stereocenters. The molecule has 21 heavy (non-hydrogen) atoms. The van der Waals surface area contributed by atoms with Gasteiger partial charge in [0.15, 0.2) is 5.82 Å².